The predicted octanol–water partition coefficient (Wildman–Crippen LogP) is 1.43. The topological polar surface area (TPSA) is 68.0 Å². The van der Waals surface area contributed by atoms with Crippen LogP contribution in [-0.2, 0) is 7.05 Å². The quantitative estimate of drug-likeness (QED) is 0.837. The minimum Gasteiger partial charge on any atom is -0.477 e. The number of hydrogen-bond donors (Lipinski definition) is 1. The Morgan fingerprint density at radius 3 is 2.93 bits per heavy atom. The van der Waals surface area contributed by atoms with Crippen LogP contribution in [0, 0.1) is 0 Å². The highest BCUT2D eigenvalue weighted by atomic mass is 79.9. The molecule has 6 heteroatoms. The first-order valence-electron chi connectivity index (χ1n) is 3.82. The number of rotatable bonds is 1. The average Bonchev–Trinajstić information content (AvgIpc) is 2.42. The van der Waals surface area contributed by atoms with Gasteiger partial charge in [-0.2, -0.15) is 5.10 Å². The van der Waals surface area contributed by atoms with Crippen molar-refractivity contribution < 1.29 is 9.90 Å². The summed E-state index contributed by atoms with van der Waals surface area (Å²) in [6, 6.07) is 3.14. The van der Waals surface area contributed by atoms with Crippen LogP contribution in [0.5, 0.6) is 0 Å². The molecular formula is C8H6BrN3O2. The van der Waals surface area contributed by atoms with Gasteiger partial charge in [0.15, 0.2) is 4.60 Å². The maximum Gasteiger partial charge on any atom is 0.354 e. The van der Waals surface area contributed by atoms with Gasteiger partial charge >= 0.3 is 5.97 Å². The molecular weight excluding hydrogens is 250 g/mol. The van der Waals surface area contributed by atoms with Gasteiger partial charge in [-0.05, 0) is 28.1 Å². The van der Waals surface area contributed by atoms with Gasteiger partial charge in [-0.25, -0.2) is 9.78 Å². The number of carboxylic acid groups (broad SMARTS) is 1. The number of pyridine rings is 1. The van der Waals surface area contributed by atoms with Gasteiger partial charge in [0, 0.05) is 7.05 Å². The van der Waals surface area contributed by atoms with Crippen LogP contribution in [0.1, 0.15) is 10.5 Å². The first kappa shape index (κ1) is 9.14. The summed E-state index contributed by atoms with van der Waals surface area (Å²) in [5, 5.41) is 12.8. The number of halogens is 1. The zero-order valence-corrected chi connectivity index (χ0v) is 8.82. The second-order valence-corrected chi connectivity index (χ2v) is 3.53. The van der Waals surface area contributed by atoms with Gasteiger partial charge in [0.25, 0.3) is 0 Å². The third kappa shape index (κ3) is 1.27. The summed E-state index contributed by atoms with van der Waals surface area (Å²) in [4.78, 5) is 14.6. The van der Waals surface area contributed by atoms with E-state index >= 15 is 0 Å². The molecule has 2 aromatic rings. The third-order valence-corrected chi connectivity index (χ3v) is 2.41. The molecule has 0 fully saturated rings. The molecule has 0 spiro atoms. The molecule has 0 aliphatic heterocycles. The van der Waals surface area contributed by atoms with Crippen molar-refractivity contribution in [2.75, 3.05) is 0 Å². The third-order valence-electron chi connectivity index (χ3n) is 1.87. The van der Waals surface area contributed by atoms with E-state index in [-0.39, 0.29) is 5.69 Å². The highest BCUT2D eigenvalue weighted by Crippen LogP contribution is 2.20. The molecule has 0 unspecified atom stereocenters. The maximum absolute atomic E-state index is 10.7. The SMILES string of the molecule is Cn1nc(Br)c2nc(C(=O)O)ccc21. The van der Waals surface area contributed by atoms with Crippen molar-refractivity contribution in [3.63, 3.8) is 0 Å². The summed E-state index contributed by atoms with van der Waals surface area (Å²) in [6.07, 6.45) is 0. The summed E-state index contributed by atoms with van der Waals surface area (Å²) in [5.41, 5.74) is 1.38. The first-order chi connectivity index (χ1) is 6.59. The summed E-state index contributed by atoms with van der Waals surface area (Å²) in [6.45, 7) is 0. The molecule has 2 rings (SSSR count). The molecule has 0 atom stereocenters. The summed E-state index contributed by atoms with van der Waals surface area (Å²) in [7, 11) is 1.77. The van der Waals surface area contributed by atoms with E-state index in [0.717, 1.165) is 5.52 Å². The molecule has 0 aliphatic carbocycles. The number of carbonyl (C=O) groups is 1. The number of nitrogens with zero attached hydrogens (tertiary/aromatic N) is 3. The van der Waals surface area contributed by atoms with Crippen molar-refractivity contribution in [2.45, 2.75) is 0 Å². The molecule has 0 amide bonds. The number of hydrogen-bond acceptors (Lipinski definition) is 3. The molecule has 0 radical (unpaired) electrons. The number of fused-ring (bicyclic) bond motifs is 1. The Balaban J connectivity index is 2.77. The molecule has 0 saturated heterocycles. The Hall–Kier alpha value is -1.43. The fourth-order valence-electron chi connectivity index (χ4n) is 1.22. The minimum absolute atomic E-state index is 0.0196. The van der Waals surface area contributed by atoms with Crippen LogP contribution in [-0.4, -0.2) is 25.8 Å². The van der Waals surface area contributed by atoms with Crippen LogP contribution in [0.4, 0.5) is 0 Å². The number of aromatic carboxylic acids is 1. The van der Waals surface area contributed by atoms with E-state index in [1.807, 2.05) is 0 Å². The standard InChI is InChI=1S/C8H6BrN3O2/c1-12-5-3-2-4(8(13)14)10-6(5)7(9)11-12/h2-3H,1H3,(H,13,14). The van der Waals surface area contributed by atoms with Gasteiger partial charge in [0.05, 0.1) is 5.52 Å². The average molecular weight is 256 g/mol. The van der Waals surface area contributed by atoms with Gasteiger partial charge in [-0.1, -0.05) is 0 Å². The summed E-state index contributed by atoms with van der Waals surface area (Å²) >= 11 is 3.21. The van der Waals surface area contributed by atoms with E-state index in [2.05, 4.69) is 26.0 Å². The highest BCUT2D eigenvalue weighted by molar-refractivity contribution is 9.10. The Morgan fingerprint density at radius 1 is 1.57 bits per heavy atom. The lowest BCUT2D eigenvalue weighted by Gasteiger charge is -1.94. The van der Waals surface area contributed by atoms with Gasteiger partial charge in [-0.3, -0.25) is 4.68 Å². The largest absolute Gasteiger partial charge is 0.477 e. The fourth-order valence-corrected chi connectivity index (χ4v) is 1.75. The monoisotopic (exact) mass is 255 g/mol. The normalized spacial score (nSPS) is 10.7. The van der Waals surface area contributed by atoms with Crippen molar-refractivity contribution in [1.82, 2.24) is 14.8 Å². The van der Waals surface area contributed by atoms with Crippen molar-refractivity contribution in [1.29, 1.82) is 0 Å². The Morgan fingerprint density at radius 2 is 2.29 bits per heavy atom. The van der Waals surface area contributed by atoms with Crippen LogP contribution in [0.2, 0.25) is 0 Å². The van der Waals surface area contributed by atoms with Crippen LogP contribution in [0.25, 0.3) is 11.0 Å². The molecule has 14 heavy (non-hydrogen) atoms. The lowest BCUT2D eigenvalue weighted by molar-refractivity contribution is 0.0691. The smallest absolute Gasteiger partial charge is 0.354 e. The lowest BCUT2D eigenvalue weighted by Crippen LogP contribution is -1.99. The molecule has 72 valence electrons. The number of aryl methyl sites for hydroxylation is 1. The highest BCUT2D eigenvalue weighted by Gasteiger charge is 2.11. The van der Waals surface area contributed by atoms with E-state index in [0.29, 0.717) is 10.1 Å². The van der Waals surface area contributed by atoms with E-state index in [1.54, 1.807) is 17.8 Å². The molecule has 1 N–H and O–H groups in total. The molecule has 5 nitrogen and oxygen atoms in total. The molecule has 0 aliphatic rings. The predicted molar refractivity (Wildman–Crippen MR) is 53.2 cm³/mol. The Kier molecular flexibility index (Phi) is 1.99. The van der Waals surface area contributed by atoms with Crippen LogP contribution < -0.4 is 0 Å². The van der Waals surface area contributed by atoms with Crippen LogP contribution in [0.15, 0.2) is 16.7 Å². The van der Waals surface area contributed by atoms with Crippen LogP contribution in [0.3, 0.4) is 0 Å². The lowest BCUT2D eigenvalue weighted by atomic mass is 10.3. The van der Waals surface area contributed by atoms with Crippen molar-refractivity contribution in [3.8, 4) is 0 Å². The molecule has 2 aromatic heterocycles. The van der Waals surface area contributed by atoms with E-state index in [4.69, 9.17) is 5.11 Å². The molecule has 0 saturated carbocycles. The van der Waals surface area contributed by atoms with Crippen molar-refractivity contribution in [2.24, 2.45) is 7.05 Å². The van der Waals surface area contributed by atoms with Crippen molar-refractivity contribution >= 4 is 32.9 Å². The van der Waals surface area contributed by atoms with Gasteiger partial charge in [-0.15, -0.1) is 0 Å². The van der Waals surface area contributed by atoms with Crippen molar-refractivity contribution in [3.05, 3.63) is 22.4 Å². The Labute approximate surface area is 87.5 Å². The first-order valence-corrected chi connectivity index (χ1v) is 4.61. The fraction of sp³-hybridized carbons (Fsp3) is 0.125. The number of carboxylic acids is 1. The van der Waals surface area contributed by atoms with Gasteiger partial charge < -0.3 is 5.11 Å². The van der Waals surface area contributed by atoms with E-state index < -0.39 is 5.97 Å². The molecule has 2 heterocycles. The van der Waals surface area contributed by atoms with E-state index in [9.17, 15) is 4.79 Å². The zero-order chi connectivity index (χ0) is 10.3. The van der Waals surface area contributed by atoms with Gasteiger partial charge in [0.2, 0.25) is 0 Å². The van der Waals surface area contributed by atoms with Crippen LogP contribution >= 0.6 is 15.9 Å². The molecule has 0 bridgehead atoms. The minimum atomic E-state index is -1.04. The second-order valence-electron chi connectivity index (χ2n) is 2.78. The maximum atomic E-state index is 10.7. The zero-order valence-electron chi connectivity index (χ0n) is 7.23. The number of aromatic nitrogens is 3. The molecule has 0 aromatic carbocycles. The van der Waals surface area contributed by atoms with Gasteiger partial charge in [0.1, 0.15) is 11.2 Å². The van der Waals surface area contributed by atoms with E-state index in [1.165, 1.54) is 6.07 Å². The Bertz CT molecular complexity index is 521. The summed E-state index contributed by atoms with van der Waals surface area (Å²) < 4.78 is 2.19. The second kappa shape index (κ2) is 3.06. The summed E-state index contributed by atoms with van der Waals surface area (Å²) in [5.74, 6) is -1.04.